The zero-order valence-corrected chi connectivity index (χ0v) is 11.6. The van der Waals surface area contributed by atoms with Crippen molar-refractivity contribution in [2.75, 3.05) is 10.6 Å². The highest BCUT2D eigenvalue weighted by atomic mass is 16.3. The summed E-state index contributed by atoms with van der Waals surface area (Å²) in [5, 5.41) is 5.52. The largest absolute Gasteiger partial charge is 0.469 e. The molecule has 0 atom stereocenters. The number of hydrogen-bond acceptors (Lipinski definition) is 3. The van der Waals surface area contributed by atoms with E-state index in [-0.39, 0.29) is 11.8 Å². The summed E-state index contributed by atoms with van der Waals surface area (Å²) >= 11 is 0. The van der Waals surface area contributed by atoms with Crippen molar-refractivity contribution in [2.24, 2.45) is 0 Å². The molecule has 1 aromatic carbocycles. The normalized spacial score (nSPS) is 10.2. The van der Waals surface area contributed by atoms with Crippen LogP contribution in [0.5, 0.6) is 0 Å². The van der Waals surface area contributed by atoms with Gasteiger partial charge in [-0.2, -0.15) is 0 Å². The van der Waals surface area contributed by atoms with Gasteiger partial charge in [0.2, 0.25) is 5.91 Å². The molecule has 0 fully saturated rings. The Balaban J connectivity index is 2.15. The van der Waals surface area contributed by atoms with Crippen molar-refractivity contribution in [1.29, 1.82) is 0 Å². The molecular formula is C15H16N2O3. The number of hydrogen-bond donors (Lipinski definition) is 2. The van der Waals surface area contributed by atoms with Crippen LogP contribution < -0.4 is 10.6 Å². The molecule has 104 valence electrons. The minimum atomic E-state index is -0.220. The Hall–Kier alpha value is -2.56. The molecule has 0 aliphatic rings. The molecule has 0 aliphatic carbocycles. The van der Waals surface area contributed by atoms with Gasteiger partial charge in [0, 0.05) is 18.3 Å². The molecule has 20 heavy (non-hydrogen) atoms. The summed E-state index contributed by atoms with van der Waals surface area (Å²) in [5.41, 5.74) is 2.78. The topological polar surface area (TPSA) is 71.3 Å². The maximum absolute atomic E-state index is 12.0. The first kappa shape index (κ1) is 13.9. The molecule has 0 unspecified atom stereocenters. The van der Waals surface area contributed by atoms with E-state index in [0.29, 0.717) is 17.0 Å². The maximum atomic E-state index is 12.0. The van der Waals surface area contributed by atoms with E-state index in [1.807, 2.05) is 6.92 Å². The van der Waals surface area contributed by atoms with E-state index in [4.69, 9.17) is 4.42 Å². The smallest absolute Gasteiger partial charge is 0.259 e. The van der Waals surface area contributed by atoms with Gasteiger partial charge >= 0.3 is 0 Å². The molecule has 2 rings (SSSR count). The Morgan fingerprint density at radius 3 is 2.40 bits per heavy atom. The maximum Gasteiger partial charge on any atom is 0.259 e. The van der Waals surface area contributed by atoms with Crippen molar-refractivity contribution in [2.45, 2.75) is 20.8 Å². The monoisotopic (exact) mass is 272 g/mol. The Bertz CT molecular complexity index is 659. The molecule has 0 radical (unpaired) electrons. The van der Waals surface area contributed by atoms with Crippen molar-refractivity contribution in [3.05, 3.63) is 47.4 Å². The van der Waals surface area contributed by atoms with E-state index < -0.39 is 0 Å². The van der Waals surface area contributed by atoms with Gasteiger partial charge in [-0.3, -0.25) is 9.59 Å². The lowest BCUT2D eigenvalue weighted by atomic mass is 10.1. The van der Waals surface area contributed by atoms with Gasteiger partial charge in [-0.05, 0) is 43.7 Å². The first-order chi connectivity index (χ1) is 9.47. The van der Waals surface area contributed by atoms with Crippen LogP contribution in [-0.4, -0.2) is 11.8 Å². The molecule has 1 aromatic heterocycles. The Kier molecular flexibility index (Phi) is 3.89. The van der Waals surface area contributed by atoms with Gasteiger partial charge in [0.1, 0.15) is 5.76 Å². The van der Waals surface area contributed by atoms with Crippen LogP contribution in [0.2, 0.25) is 0 Å². The van der Waals surface area contributed by atoms with E-state index in [1.54, 1.807) is 31.2 Å². The molecule has 0 saturated heterocycles. The fraction of sp³-hybridized carbons (Fsp3) is 0.200. The number of carbonyl (C=O) groups excluding carboxylic acids is 2. The first-order valence-corrected chi connectivity index (χ1v) is 6.21. The zero-order valence-electron chi connectivity index (χ0n) is 11.6. The minimum Gasteiger partial charge on any atom is -0.469 e. The zero-order chi connectivity index (χ0) is 14.7. The molecule has 5 nitrogen and oxygen atoms in total. The van der Waals surface area contributed by atoms with Crippen molar-refractivity contribution in [3.8, 4) is 0 Å². The second-order valence-electron chi connectivity index (χ2n) is 4.56. The third-order valence-electron chi connectivity index (χ3n) is 2.90. The summed E-state index contributed by atoms with van der Waals surface area (Å²) in [6.07, 6.45) is 1.48. The fourth-order valence-electron chi connectivity index (χ4n) is 1.89. The number of aryl methyl sites for hydroxylation is 2. The van der Waals surface area contributed by atoms with Gasteiger partial charge in [-0.15, -0.1) is 0 Å². The third kappa shape index (κ3) is 3.06. The SMILES string of the molecule is CC(=O)Nc1ccc(NC(=O)c2ccoc2C)cc1C. The third-order valence-corrected chi connectivity index (χ3v) is 2.90. The highest BCUT2D eigenvalue weighted by Gasteiger charge is 2.12. The predicted octanol–water partition coefficient (Wildman–Crippen LogP) is 3.11. The molecular weight excluding hydrogens is 256 g/mol. The van der Waals surface area contributed by atoms with Crippen LogP contribution in [0.1, 0.15) is 28.6 Å². The number of carbonyl (C=O) groups is 2. The summed E-state index contributed by atoms with van der Waals surface area (Å²) < 4.78 is 5.10. The molecule has 0 aliphatic heterocycles. The van der Waals surface area contributed by atoms with E-state index in [2.05, 4.69) is 10.6 Å². The Morgan fingerprint density at radius 2 is 1.85 bits per heavy atom. The highest BCUT2D eigenvalue weighted by molar-refractivity contribution is 6.05. The molecule has 0 spiro atoms. The van der Waals surface area contributed by atoms with Gasteiger partial charge < -0.3 is 15.1 Å². The molecule has 1 heterocycles. The van der Waals surface area contributed by atoms with Gasteiger partial charge in [-0.25, -0.2) is 0 Å². The lowest BCUT2D eigenvalue weighted by molar-refractivity contribution is -0.114. The standard InChI is InChI=1S/C15H16N2O3/c1-9-8-12(4-5-14(9)16-11(3)18)17-15(19)13-6-7-20-10(13)2/h4-8H,1-3H3,(H,16,18)(H,17,19). The van der Waals surface area contributed by atoms with Crippen LogP contribution >= 0.6 is 0 Å². The first-order valence-electron chi connectivity index (χ1n) is 6.21. The fourth-order valence-corrected chi connectivity index (χ4v) is 1.89. The number of benzene rings is 1. The van der Waals surface area contributed by atoms with Gasteiger partial charge in [0.15, 0.2) is 0 Å². The number of amides is 2. The predicted molar refractivity (Wildman–Crippen MR) is 76.9 cm³/mol. The van der Waals surface area contributed by atoms with E-state index in [1.165, 1.54) is 13.2 Å². The quantitative estimate of drug-likeness (QED) is 0.901. The van der Waals surface area contributed by atoms with Crippen molar-refractivity contribution in [3.63, 3.8) is 0 Å². The lowest BCUT2D eigenvalue weighted by Crippen LogP contribution is -2.13. The summed E-state index contributed by atoms with van der Waals surface area (Å²) in [6.45, 7) is 5.06. The van der Waals surface area contributed by atoms with Gasteiger partial charge in [0.05, 0.1) is 11.8 Å². The summed E-state index contributed by atoms with van der Waals surface area (Å²) in [5.74, 6) is 0.232. The summed E-state index contributed by atoms with van der Waals surface area (Å²) in [6, 6.07) is 6.93. The van der Waals surface area contributed by atoms with E-state index >= 15 is 0 Å². The second-order valence-corrected chi connectivity index (χ2v) is 4.56. The highest BCUT2D eigenvalue weighted by Crippen LogP contribution is 2.20. The van der Waals surface area contributed by atoms with Crippen LogP contribution in [0.15, 0.2) is 34.9 Å². The van der Waals surface area contributed by atoms with Crippen LogP contribution in [-0.2, 0) is 4.79 Å². The van der Waals surface area contributed by atoms with Crippen LogP contribution in [0.25, 0.3) is 0 Å². The molecule has 2 amide bonds. The van der Waals surface area contributed by atoms with Crippen molar-refractivity contribution < 1.29 is 14.0 Å². The van der Waals surface area contributed by atoms with Crippen molar-refractivity contribution in [1.82, 2.24) is 0 Å². The van der Waals surface area contributed by atoms with Crippen LogP contribution in [0, 0.1) is 13.8 Å². The average molecular weight is 272 g/mol. The van der Waals surface area contributed by atoms with Crippen LogP contribution in [0.4, 0.5) is 11.4 Å². The molecule has 0 bridgehead atoms. The van der Waals surface area contributed by atoms with E-state index in [0.717, 1.165) is 11.3 Å². The minimum absolute atomic E-state index is 0.126. The number of rotatable bonds is 3. The van der Waals surface area contributed by atoms with Gasteiger partial charge in [-0.1, -0.05) is 0 Å². The Labute approximate surface area is 117 Å². The lowest BCUT2D eigenvalue weighted by Gasteiger charge is -2.10. The van der Waals surface area contributed by atoms with Gasteiger partial charge in [0.25, 0.3) is 5.91 Å². The number of anilines is 2. The molecule has 2 aromatic rings. The average Bonchev–Trinajstić information content (AvgIpc) is 2.78. The number of furan rings is 1. The van der Waals surface area contributed by atoms with Crippen LogP contribution in [0.3, 0.4) is 0 Å². The molecule has 0 saturated carbocycles. The van der Waals surface area contributed by atoms with Crippen molar-refractivity contribution >= 4 is 23.2 Å². The number of nitrogens with one attached hydrogen (secondary N) is 2. The molecule has 2 N–H and O–H groups in total. The van der Waals surface area contributed by atoms with E-state index in [9.17, 15) is 9.59 Å². The Morgan fingerprint density at radius 1 is 1.10 bits per heavy atom. The summed E-state index contributed by atoms with van der Waals surface area (Å²) in [4.78, 5) is 23.1. The molecule has 5 heteroatoms. The second kappa shape index (κ2) is 5.61. The summed E-state index contributed by atoms with van der Waals surface area (Å²) in [7, 11) is 0.